The number of alkyl halides is 1. The Morgan fingerprint density at radius 1 is 1.36 bits per heavy atom. The monoisotopic (exact) mass is 478 g/mol. The topological polar surface area (TPSA) is 84.8 Å². The Morgan fingerprint density at radius 3 is 2.50 bits per heavy atom. The van der Waals surface area contributed by atoms with Crippen molar-refractivity contribution in [2.45, 2.75) is 61.9 Å². The van der Waals surface area contributed by atoms with Crippen molar-refractivity contribution in [1.82, 2.24) is 5.32 Å². The lowest BCUT2D eigenvalue weighted by Gasteiger charge is -2.38. The number of alkyl carbamates (subject to hydrolysis) is 1. The molecular formula is C18H21BrF2N2O4S. The first kappa shape index (κ1) is 21.2. The van der Waals surface area contributed by atoms with Crippen molar-refractivity contribution in [3.63, 3.8) is 0 Å². The van der Waals surface area contributed by atoms with E-state index in [1.807, 2.05) is 0 Å². The number of halogens is 3. The summed E-state index contributed by atoms with van der Waals surface area (Å²) in [6.45, 7) is 6.15. The van der Waals surface area contributed by atoms with Crippen molar-refractivity contribution >= 4 is 37.7 Å². The van der Waals surface area contributed by atoms with Crippen LogP contribution in [0, 0.1) is 5.82 Å². The van der Waals surface area contributed by atoms with Crippen LogP contribution in [0.1, 0.15) is 46.1 Å². The number of ether oxygens (including phenoxy) is 1. The molecule has 1 aromatic rings. The number of nitrogens with one attached hydrogen (secondary N) is 1. The molecule has 1 amide bonds. The fraction of sp³-hybridized carbons (Fsp3) is 0.556. The van der Waals surface area contributed by atoms with Crippen molar-refractivity contribution < 1.29 is 26.7 Å². The number of carbonyl (C=O) groups excluding carboxylic acids is 1. The third-order valence-electron chi connectivity index (χ3n) is 4.83. The summed E-state index contributed by atoms with van der Waals surface area (Å²) in [6.07, 6.45) is -0.648. The van der Waals surface area contributed by atoms with Crippen LogP contribution in [0.5, 0.6) is 0 Å². The Kier molecular flexibility index (Phi) is 4.90. The SMILES string of the molecule is CC(C)(C)OC(=O)NC1=N[C@](C)(c2cc(Br)ccc2F)C(F)S(=O)(=O)C12CC2. The molecule has 2 aliphatic rings. The Morgan fingerprint density at radius 2 is 1.96 bits per heavy atom. The van der Waals surface area contributed by atoms with Crippen molar-refractivity contribution in [3.05, 3.63) is 34.1 Å². The Bertz CT molecular complexity index is 970. The van der Waals surface area contributed by atoms with Crippen molar-refractivity contribution in [3.8, 4) is 0 Å². The van der Waals surface area contributed by atoms with Crippen LogP contribution < -0.4 is 5.32 Å². The highest BCUT2D eigenvalue weighted by atomic mass is 79.9. The van der Waals surface area contributed by atoms with Crippen LogP contribution in [0.4, 0.5) is 13.6 Å². The first-order valence-electron chi connectivity index (χ1n) is 8.66. The molecule has 1 heterocycles. The van der Waals surface area contributed by atoms with Gasteiger partial charge in [-0.25, -0.2) is 22.0 Å². The minimum atomic E-state index is -4.40. The maximum Gasteiger partial charge on any atom is 0.413 e. The van der Waals surface area contributed by atoms with E-state index in [-0.39, 0.29) is 24.2 Å². The van der Waals surface area contributed by atoms with Crippen LogP contribution in [0.2, 0.25) is 0 Å². The molecule has 3 rings (SSSR count). The molecule has 0 saturated heterocycles. The number of amidine groups is 1. The van der Waals surface area contributed by atoms with Crippen LogP contribution in [-0.4, -0.2) is 36.2 Å². The molecule has 10 heteroatoms. The van der Waals surface area contributed by atoms with Gasteiger partial charge in [0.1, 0.15) is 27.5 Å². The van der Waals surface area contributed by atoms with Gasteiger partial charge < -0.3 is 4.74 Å². The van der Waals surface area contributed by atoms with E-state index in [1.165, 1.54) is 19.1 Å². The van der Waals surface area contributed by atoms with Gasteiger partial charge in [0.2, 0.25) is 5.50 Å². The number of carbonyl (C=O) groups is 1. The van der Waals surface area contributed by atoms with Gasteiger partial charge in [-0.2, -0.15) is 0 Å². The van der Waals surface area contributed by atoms with Crippen molar-refractivity contribution in [2.24, 2.45) is 4.99 Å². The van der Waals surface area contributed by atoms with Crippen molar-refractivity contribution in [1.29, 1.82) is 0 Å². The molecule has 1 N–H and O–H groups in total. The fourth-order valence-electron chi connectivity index (χ4n) is 3.26. The predicted octanol–water partition coefficient (Wildman–Crippen LogP) is 3.98. The van der Waals surface area contributed by atoms with Gasteiger partial charge in [-0.3, -0.25) is 10.3 Å². The zero-order valence-electron chi connectivity index (χ0n) is 15.8. The third-order valence-corrected chi connectivity index (χ3v) is 8.02. The molecule has 1 saturated carbocycles. The normalized spacial score (nSPS) is 27.8. The third kappa shape index (κ3) is 3.34. The predicted molar refractivity (Wildman–Crippen MR) is 104 cm³/mol. The number of nitrogens with zero attached hydrogens (tertiary/aromatic N) is 1. The molecule has 0 bridgehead atoms. The van der Waals surface area contributed by atoms with E-state index in [2.05, 4.69) is 26.2 Å². The molecule has 1 aromatic carbocycles. The summed E-state index contributed by atoms with van der Waals surface area (Å²) in [7, 11) is -4.40. The quantitative estimate of drug-likeness (QED) is 0.661. The minimum Gasteiger partial charge on any atom is -0.444 e. The zero-order valence-corrected chi connectivity index (χ0v) is 18.2. The molecule has 0 radical (unpaired) electrons. The van der Waals surface area contributed by atoms with Crippen molar-refractivity contribution in [2.75, 3.05) is 0 Å². The summed E-state index contributed by atoms with van der Waals surface area (Å²) in [5.74, 6) is -1.01. The molecule has 1 unspecified atom stereocenters. The number of hydrogen-bond acceptors (Lipinski definition) is 5. The average Bonchev–Trinajstić information content (AvgIpc) is 3.35. The molecular weight excluding hydrogens is 458 g/mol. The highest BCUT2D eigenvalue weighted by molar-refractivity contribution is 9.10. The first-order chi connectivity index (χ1) is 12.7. The highest BCUT2D eigenvalue weighted by Crippen LogP contribution is 2.54. The van der Waals surface area contributed by atoms with Crippen LogP contribution in [0.3, 0.4) is 0 Å². The minimum absolute atomic E-state index is 0.126. The summed E-state index contributed by atoms with van der Waals surface area (Å²) in [4.78, 5) is 16.5. The fourth-order valence-corrected chi connectivity index (χ4v) is 5.84. The van der Waals surface area contributed by atoms with E-state index in [0.717, 1.165) is 6.07 Å². The lowest BCUT2D eigenvalue weighted by molar-refractivity contribution is 0.0561. The Hall–Kier alpha value is -1.55. The van der Waals surface area contributed by atoms with Gasteiger partial charge in [-0.05, 0) is 58.7 Å². The highest BCUT2D eigenvalue weighted by Gasteiger charge is 2.68. The van der Waals surface area contributed by atoms with Crippen LogP contribution >= 0.6 is 15.9 Å². The molecule has 1 fully saturated rings. The molecule has 0 aromatic heterocycles. The molecule has 1 spiro atoms. The van der Waals surface area contributed by atoms with E-state index in [1.54, 1.807) is 20.8 Å². The number of rotatable bonds is 1. The Labute approximate surface area is 170 Å². The second-order valence-electron chi connectivity index (χ2n) is 8.21. The summed E-state index contributed by atoms with van der Waals surface area (Å²) >= 11 is 3.18. The largest absolute Gasteiger partial charge is 0.444 e. The van der Waals surface area contributed by atoms with E-state index >= 15 is 4.39 Å². The average molecular weight is 479 g/mol. The van der Waals surface area contributed by atoms with E-state index in [4.69, 9.17) is 4.74 Å². The van der Waals surface area contributed by atoms with Gasteiger partial charge in [-0.15, -0.1) is 0 Å². The standard InChI is InChI=1S/C18H21BrF2N2O4S/c1-16(2,3)27-15(24)22-14-18(7-8-18)28(25,26)13(21)17(4,23-14)11-9-10(19)5-6-12(11)20/h5-6,9,13H,7-8H2,1-4H3,(H,22,23,24)/t13?,17-/m1/s1. The first-order valence-corrected chi connectivity index (χ1v) is 11.0. The second-order valence-corrected chi connectivity index (χ2v) is 11.4. The van der Waals surface area contributed by atoms with Crippen LogP contribution in [-0.2, 0) is 20.1 Å². The summed E-state index contributed by atoms with van der Waals surface area (Å²) in [6, 6.07) is 3.80. The molecule has 154 valence electrons. The molecule has 1 aliphatic carbocycles. The van der Waals surface area contributed by atoms with Gasteiger partial charge >= 0.3 is 6.09 Å². The summed E-state index contributed by atoms with van der Waals surface area (Å²) in [5, 5.41) is 2.37. The number of sulfone groups is 1. The molecule has 2 atom stereocenters. The van der Waals surface area contributed by atoms with Crippen LogP contribution in [0.15, 0.2) is 27.7 Å². The maximum absolute atomic E-state index is 15.3. The molecule has 6 nitrogen and oxygen atoms in total. The van der Waals surface area contributed by atoms with E-state index in [0.29, 0.717) is 4.47 Å². The zero-order chi connectivity index (χ0) is 21.1. The molecule has 1 aliphatic heterocycles. The lowest BCUT2D eigenvalue weighted by Crippen LogP contribution is -2.57. The summed E-state index contributed by atoms with van der Waals surface area (Å²) < 4.78 is 59.7. The van der Waals surface area contributed by atoms with Crippen LogP contribution in [0.25, 0.3) is 0 Å². The Balaban J connectivity index is 2.13. The number of benzene rings is 1. The van der Waals surface area contributed by atoms with E-state index in [9.17, 15) is 17.6 Å². The smallest absolute Gasteiger partial charge is 0.413 e. The van der Waals surface area contributed by atoms with Gasteiger partial charge in [0.25, 0.3) is 0 Å². The van der Waals surface area contributed by atoms with Gasteiger partial charge in [0, 0.05) is 10.0 Å². The number of amides is 1. The van der Waals surface area contributed by atoms with Gasteiger partial charge in [-0.1, -0.05) is 15.9 Å². The molecule has 28 heavy (non-hydrogen) atoms. The van der Waals surface area contributed by atoms with E-state index < -0.39 is 43.1 Å². The lowest BCUT2D eigenvalue weighted by atomic mass is 9.92. The number of hydrogen-bond donors (Lipinski definition) is 1. The second kappa shape index (κ2) is 6.48. The number of aliphatic imine (C=N–C) groups is 1. The van der Waals surface area contributed by atoms with Gasteiger partial charge in [0.15, 0.2) is 9.84 Å². The maximum atomic E-state index is 15.3. The van der Waals surface area contributed by atoms with Gasteiger partial charge in [0.05, 0.1) is 0 Å². The summed E-state index contributed by atoms with van der Waals surface area (Å²) in [5.41, 5.74) is -5.57.